The third-order valence-electron chi connectivity index (χ3n) is 1.59. The van der Waals surface area contributed by atoms with E-state index in [4.69, 9.17) is 14.2 Å². The summed E-state index contributed by atoms with van der Waals surface area (Å²) >= 11 is 0. The van der Waals surface area contributed by atoms with Crippen LogP contribution in [0.5, 0.6) is 11.6 Å². The summed E-state index contributed by atoms with van der Waals surface area (Å²) in [6.45, 7) is 1.90. The lowest BCUT2D eigenvalue weighted by Crippen LogP contribution is -2.15. The monoisotopic (exact) mass is 211 g/mol. The second-order valence-corrected chi connectivity index (χ2v) is 2.60. The molecule has 1 aromatic heterocycles. The van der Waals surface area contributed by atoms with Crippen LogP contribution >= 0.6 is 0 Å². The number of pyridine rings is 1. The normalized spacial score (nSPS) is 9.47. The van der Waals surface area contributed by atoms with E-state index in [0.717, 1.165) is 0 Å². The van der Waals surface area contributed by atoms with Gasteiger partial charge in [0.2, 0.25) is 0 Å². The van der Waals surface area contributed by atoms with Gasteiger partial charge in [-0.1, -0.05) is 0 Å². The summed E-state index contributed by atoms with van der Waals surface area (Å²) in [6.07, 6.45) is 1.56. The summed E-state index contributed by atoms with van der Waals surface area (Å²) in [4.78, 5) is 14.9. The molecule has 82 valence electrons. The van der Waals surface area contributed by atoms with Crippen LogP contribution in [0, 0.1) is 0 Å². The molecule has 0 aliphatic carbocycles. The van der Waals surface area contributed by atoms with Crippen LogP contribution in [-0.2, 0) is 9.53 Å². The van der Waals surface area contributed by atoms with Crippen molar-refractivity contribution in [3.05, 3.63) is 18.3 Å². The lowest BCUT2D eigenvalue weighted by atomic mass is 10.4. The van der Waals surface area contributed by atoms with E-state index in [-0.39, 0.29) is 12.5 Å². The van der Waals surface area contributed by atoms with E-state index in [0.29, 0.717) is 12.4 Å². The predicted molar refractivity (Wildman–Crippen MR) is 52.9 cm³/mol. The zero-order valence-electron chi connectivity index (χ0n) is 8.73. The molecule has 0 saturated carbocycles. The van der Waals surface area contributed by atoms with Crippen LogP contribution < -0.4 is 9.47 Å². The number of hydrogen-bond acceptors (Lipinski definition) is 5. The quantitative estimate of drug-likeness (QED) is 0.681. The first-order chi connectivity index (χ1) is 7.27. The maximum Gasteiger partial charge on any atom is 0.344 e. The molecule has 0 spiro atoms. The molecule has 0 bridgehead atoms. The minimum absolute atomic E-state index is 0.165. The van der Waals surface area contributed by atoms with Crippen LogP contribution in [0.15, 0.2) is 18.3 Å². The van der Waals surface area contributed by atoms with Gasteiger partial charge in [0.15, 0.2) is 12.4 Å². The first-order valence-corrected chi connectivity index (χ1v) is 4.55. The van der Waals surface area contributed by atoms with Crippen LogP contribution in [0.3, 0.4) is 0 Å². The van der Waals surface area contributed by atoms with E-state index in [1.165, 1.54) is 7.11 Å². The third kappa shape index (κ3) is 3.46. The van der Waals surface area contributed by atoms with Crippen molar-refractivity contribution in [3.63, 3.8) is 0 Å². The molecule has 0 fully saturated rings. The Balaban J connectivity index is 2.53. The van der Waals surface area contributed by atoms with E-state index in [1.807, 2.05) is 0 Å². The SMILES string of the molecule is CCOC(=O)COc1ncccc1OC. The van der Waals surface area contributed by atoms with Gasteiger partial charge < -0.3 is 14.2 Å². The van der Waals surface area contributed by atoms with Crippen molar-refractivity contribution in [1.82, 2.24) is 4.98 Å². The van der Waals surface area contributed by atoms with Gasteiger partial charge >= 0.3 is 5.97 Å². The first kappa shape index (κ1) is 11.3. The van der Waals surface area contributed by atoms with E-state index < -0.39 is 5.97 Å². The Labute approximate surface area is 88.0 Å². The van der Waals surface area contributed by atoms with Gasteiger partial charge in [-0.2, -0.15) is 0 Å². The lowest BCUT2D eigenvalue weighted by Gasteiger charge is -2.07. The van der Waals surface area contributed by atoms with Gasteiger partial charge in [-0.15, -0.1) is 0 Å². The van der Waals surface area contributed by atoms with Gasteiger partial charge in [-0.3, -0.25) is 0 Å². The Morgan fingerprint density at radius 3 is 3.00 bits per heavy atom. The summed E-state index contributed by atoms with van der Waals surface area (Å²) in [5.74, 6) is 0.347. The lowest BCUT2D eigenvalue weighted by molar-refractivity contribution is -0.145. The maximum atomic E-state index is 11.0. The Kier molecular flexibility index (Phi) is 4.40. The Morgan fingerprint density at radius 2 is 2.33 bits per heavy atom. The molecule has 15 heavy (non-hydrogen) atoms. The molecule has 0 aromatic carbocycles. The number of carbonyl (C=O) groups is 1. The van der Waals surface area contributed by atoms with Gasteiger partial charge in [0.05, 0.1) is 13.7 Å². The summed E-state index contributed by atoms with van der Waals surface area (Å²) < 4.78 is 14.8. The van der Waals surface area contributed by atoms with Crippen molar-refractivity contribution in [2.24, 2.45) is 0 Å². The van der Waals surface area contributed by atoms with Gasteiger partial charge in [0.1, 0.15) is 0 Å². The van der Waals surface area contributed by atoms with Crippen molar-refractivity contribution in [3.8, 4) is 11.6 Å². The second kappa shape index (κ2) is 5.85. The van der Waals surface area contributed by atoms with Crippen molar-refractivity contribution in [2.45, 2.75) is 6.92 Å². The Hall–Kier alpha value is -1.78. The predicted octanol–water partition coefficient (Wildman–Crippen LogP) is 1.03. The van der Waals surface area contributed by atoms with Crippen LogP contribution in [0.25, 0.3) is 0 Å². The molecule has 0 amide bonds. The van der Waals surface area contributed by atoms with Gasteiger partial charge in [-0.05, 0) is 19.1 Å². The molecule has 5 nitrogen and oxygen atoms in total. The summed E-state index contributed by atoms with van der Waals surface area (Å²) in [7, 11) is 1.51. The average Bonchev–Trinajstić information content (AvgIpc) is 2.27. The molecule has 0 aliphatic heterocycles. The molecule has 0 N–H and O–H groups in total. The number of aromatic nitrogens is 1. The summed E-state index contributed by atoms with van der Waals surface area (Å²) in [5, 5.41) is 0. The third-order valence-corrected chi connectivity index (χ3v) is 1.59. The van der Waals surface area contributed by atoms with Crippen molar-refractivity contribution in [1.29, 1.82) is 0 Å². The van der Waals surface area contributed by atoms with Crippen molar-refractivity contribution >= 4 is 5.97 Å². The number of ether oxygens (including phenoxy) is 3. The Bertz CT molecular complexity index is 327. The van der Waals surface area contributed by atoms with Crippen molar-refractivity contribution < 1.29 is 19.0 Å². The molecule has 0 aliphatic rings. The molecule has 1 aromatic rings. The number of hydrogen-bond donors (Lipinski definition) is 0. The fraction of sp³-hybridized carbons (Fsp3) is 0.400. The molecule has 1 rings (SSSR count). The molecule has 1 heterocycles. The fourth-order valence-corrected chi connectivity index (χ4v) is 0.970. The van der Waals surface area contributed by atoms with E-state index >= 15 is 0 Å². The molecular weight excluding hydrogens is 198 g/mol. The minimum Gasteiger partial charge on any atom is -0.491 e. The number of carbonyl (C=O) groups excluding carboxylic acids is 1. The highest BCUT2D eigenvalue weighted by atomic mass is 16.6. The van der Waals surface area contributed by atoms with Crippen LogP contribution in [0.1, 0.15) is 6.92 Å². The summed E-state index contributed by atoms with van der Waals surface area (Å²) in [5.41, 5.74) is 0. The van der Waals surface area contributed by atoms with E-state index in [1.54, 1.807) is 25.3 Å². The topological polar surface area (TPSA) is 57.7 Å². The van der Waals surface area contributed by atoms with Crippen LogP contribution in [-0.4, -0.2) is 31.3 Å². The number of methoxy groups -OCH3 is 1. The Morgan fingerprint density at radius 1 is 1.53 bits per heavy atom. The molecule has 0 unspecified atom stereocenters. The van der Waals surface area contributed by atoms with Crippen molar-refractivity contribution in [2.75, 3.05) is 20.3 Å². The van der Waals surface area contributed by atoms with Crippen LogP contribution in [0.4, 0.5) is 0 Å². The largest absolute Gasteiger partial charge is 0.491 e. The average molecular weight is 211 g/mol. The van der Waals surface area contributed by atoms with Gasteiger partial charge in [0, 0.05) is 6.20 Å². The highest BCUT2D eigenvalue weighted by Crippen LogP contribution is 2.22. The zero-order valence-corrected chi connectivity index (χ0v) is 8.73. The molecule has 0 atom stereocenters. The molecule has 0 radical (unpaired) electrons. The maximum absolute atomic E-state index is 11.0. The van der Waals surface area contributed by atoms with Gasteiger partial charge in [0.25, 0.3) is 5.88 Å². The number of rotatable bonds is 5. The van der Waals surface area contributed by atoms with E-state index in [9.17, 15) is 4.79 Å². The van der Waals surface area contributed by atoms with Crippen LogP contribution in [0.2, 0.25) is 0 Å². The molecule has 0 saturated heterocycles. The summed E-state index contributed by atoms with van der Waals surface area (Å²) in [6, 6.07) is 3.42. The minimum atomic E-state index is -0.426. The zero-order chi connectivity index (χ0) is 11.1. The highest BCUT2D eigenvalue weighted by Gasteiger charge is 2.07. The fourth-order valence-electron chi connectivity index (χ4n) is 0.970. The number of esters is 1. The second-order valence-electron chi connectivity index (χ2n) is 2.60. The van der Waals surface area contributed by atoms with E-state index in [2.05, 4.69) is 4.98 Å². The highest BCUT2D eigenvalue weighted by molar-refractivity contribution is 5.71. The van der Waals surface area contributed by atoms with Gasteiger partial charge in [-0.25, -0.2) is 9.78 Å². The molecule has 5 heteroatoms. The number of nitrogens with zero attached hydrogens (tertiary/aromatic N) is 1. The molecular formula is C10H13NO4. The smallest absolute Gasteiger partial charge is 0.344 e. The standard InChI is InChI=1S/C10H13NO4/c1-3-14-9(12)7-15-10-8(13-2)5-4-6-11-10/h4-6H,3,7H2,1-2H3. The first-order valence-electron chi connectivity index (χ1n) is 4.55.